The molecule has 1 saturated carbocycles. The third kappa shape index (κ3) is 8.58. The number of aryl methyl sites for hydroxylation is 1. The van der Waals surface area contributed by atoms with Gasteiger partial charge in [-0.2, -0.15) is 20.3 Å². The first-order valence-electron chi connectivity index (χ1n) is 16.3. The number of nitriles is 1. The van der Waals surface area contributed by atoms with Gasteiger partial charge in [0.05, 0.1) is 43.3 Å². The van der Waals surface area contributed by atoms with Gasteiger partial charge in [0.25, 0.3) is 0 Å². The summed E-state index contributed by atoms with van der Waals surface area (Å²) in [5, 5.41) is 31.6. The lowest BCUT2D eigenvalue weighted by Crippen LogP contribution is -2.23. The molecule has 50 heavy (non-hydrogen) atoms. The maximum Gasteiger partial charge on any atom is 0.327 e. The van der Waals surface area contributed by atoms with Crippen molar-refractivity contribution in [2.24, 2.45) is 5.92 Å². The van der Waals surface area contributed by atoms with Gasteiger partial charge in [-0.25, -0.2) is 9.97 Å². The lowest BCUT2D eigenvalue weighted by Gasteiger charge is -2.11. The van der Waals surface area contributed by atoms with Crippen LogP contribution >= 0.6 is 0 Å². The Morgan fingerprint density at radius 2 is 1.92 bits per heavy atom. The smallest absolute Gasteiger partial charge is 0.327 e. The highest BCUT2D eigenvalue weighted by atomic mass is 16.5. The second kappa shape index (κ2) is 15.7. The van der Waals surface area contributed by atoms with Crippen molar-refractivity contribution >= 4 is 57.8 Å². The molecular formula is C33H37N13O4. The minimum Gasteiger partial charge on any atom is -0.465 e. The second-order valence-electron chi connectivity index (χ2n) is 11.6. The van der Waals surface area contributed by atoms with Crippen molar-refractivity contribution in [1.82, 2.24) is 44.2 Å². The maximum atomic E-state index is 12.5. The number of esters is 2. The zero-order chi connectivity index (χ0) is 34.9. The van der Waals surface area contributed by atoms with E-state index in [2.05, 4.69) is 46.6 Å². The molecule has 6 rings (SSSR count). The van der Waals surface area contributed by atoms with Crippen molar-refractivity contribution in [2.75, 3.05) is 30.4 Å². The fourth-order valence-electron chi connectivity index (χ4n) is 5.30. The van der Waals surface area contributed by atoms with Crippen LogP contribution in [0, 0.1) is 22.7 Å². The highest BCUT2D eigenvalue weighted by molar-refractivity contribution is 5.82. The van der Waals surface area contributed by atoms with Gasteiger partial charge in [0.15, 0.2) is 0 Å². The zero-order valence-electron chi connectivity index (χ0n) is 27.5. The van der Waals surface area contributed by atoms with Gasteiger partial charge in [-0.1, -0.05) is 0 Å². The molecule has 1 fully saturated rings. The average molecular weight is 680 g/mol. The molecule has 0 bridgehead atoms. The Labute approximate surface area is 286 Å². The molecule has 4 N–H and O–H groups in total. The minimum absolute atomic E-state index is 0.0109. The van der Waals surface area contributed by atoms with E-state index in [4.69, 9.17) is 25.1 Å². The van der Waals surface area contributed by atoms with Crippen molar-refractivity contribution in [3.63, 3.8) is 0 Å². The summed E-state index contributed by atoms with van der Waals surface area (Å²) >= 11 is 0. The molecule has 0 radical (unpaired) electrons. The largest absolute Gasteiger partial charge is 0.465 e. The Kier molecular flexibility index (Phi) is 10.6. The first-order valence-corrected chi connectivity index (χ1v) is 16.3. The molecule has 1 aliphatic carbocycles. The van der Waals surface area contributed by atoms with Crippen molar-refractivity contribution in [1.29, 1.82) is 10.7 Å². The van der Waals surface area contributed by atoms with E-state index in [-0.39, 0.29) is 31.6 Å². The minimum atomic E-state index is -0.446. The van der Waals surface area contributed by atoms with Gasteiger partial charge in [0.1, 0.15) is 24.4 Å². The van der Waals surface area contributed by atoms with Gasteiger partial charge in [-0.3, -0.25) is 14.3 Å². The molecule has 0 aromatic carbocycles. The van der Waals surface area contributed by atoms with E-state index in [0.717, 1.165) is 47.7 Å². The van der Waals surface area contributed by atoms with Crippen LogP contribution in [0.15, 0.2) is 55.0 Å². The molecule has 5 aromatic heterocycles. The summed E-state index contributed by atoms with van der Waals surface area (Å²) in [4.78, 5) is 42.4. The molecule has 0 saturated heterocycles. The Morgan fingerprint density at radius 1 is 1.10 bits per heavy atom. The fraction of sp³-hybridized carbons (Fsp3) is 0.364. The van der Waals surface area contributed by atoms with Gasteiger partial charge >= 0.3 is 11.9 Å². The molecule has 17 nitrogen and oxygen atoms in total. The topological polar surface area (TPSA) is 216 Å². The summed E-state index contributed by atoms with van der Waals surface area (Å²) in [5.41, 5.74) is 3.44. The van der Waals surface area contributed by atoms with E-state index >= 15 is 0 Å². The summed E-state index contributed by atoms with van der Waals surface area (Å²) in [7, 11) is 0. The summed E-state index contributed by atoms with van der Waals surface area (Å²) in [6, 6.07) is 6.03. The number of nitrogens with one attached hydrogen (secondary N) is 4. The monoisotopic (exact) mass is 679 g/mol. The maximum absolute atomic E-state index is 12.5. The van der Waals surface area contributed by atoms with Crippen molar-refractivity contribution in [3.8, 4) is 6.07 Å². The normalized spacial score (nSPS) is 12.8. The molecule has 1 aliphatic rings. The number of nitrogens with zero attached hydrogens (tertiary/aromatic N) is 9. The van der Waals surface area contributed by atoms with E-state index in [0.29, 0.717) is 54.9 Å². The third-order valence-electron chi connectivity index (χ3n) is 7.85. The molecule has 0 aliphatic heterocycles. The van der Waals surface area contributed by atoms with Gasteiger partial charge in [-0.15, -0.1) is 0 Å². The quantitative estimate of drug-likeness (QED) is 0.0774. The number of aromatic nitrogens is 8. The Morgan fingerprint density at radius 3 is 2.72 bits per heavy atom. The lowest BCUT2D eigenvalue weighted by atomic mass is 10.3. The van der Waals surface area contributed by atoms with Gasteiger partial charge in [0.2, 0.25) is 11.9 Å². The fourth-order valence-corrected chi connectivity index (χ4v) is 5.30. The number of ether oxygens (including phenoxy) is 2. The predicted molar refractivity (Wildman–Crippen MR) is 183 cm³/mol. The van der Waals surface area contributed by atoms with Crippen LogP contribution in [0.5, 0.6) is 0 Å². The van der Waals surface area contributed by atoms with Crippen LogP contribution < -0.4 is 16.0 Å². The molecule has 17 heteroatoms. The number of carbonyl (C=O) groups is 2. The molecular weight excluding hydrogens is 642 g/mol. The summed E-state index contributed by atoms with van der Waals surface area (Å²) in [5.74, 6) is 0.448. The van der Waals surface area contributed by atoms with Gasteiger partial charge in [0, 0.05) is 73.2 Å². The lowest BCUT2D eigenvalue weighted by molar-refractivity contribution is -0.144. The first-order chi connectivity index (χ1) is 24.4. The number of anilines is 3. The molecule has 5 aromatic rings. The van der Waals surface area contributed by atoms with Crippen LogP contribution in [0.3, 0.4) is 0 Å². The zero-order valence-corrected chi connectivity index (χ0v) is 27.5. The Hall–Kier alpha value is -6.31. The highest BCUT2D eigenvalue weighted by Crippen LogP contribution is 2.33. The van der Waals surface area contributed by atoms with Crippen LogP contribution in [0.2, 0.25) is 0 Å². The predicted octanol–water partition coefficient (Wildman–Crippen LogP) is 3.28. The van der Waals surface area contributed by atoms with E-state index < -0.39 is 5.97 Å². The second-order valence-corrected chi connectivity index (χ2v) is 11.6. The van der Waals surface area contributed by atoms with E-state index in [9.17, 15) is 9.59 Å². The highest BCUT2D eigenvalue weighted by Gasteiger charge is 2.24. The SMILES string of the molecule is CCOC(=O)Cn1cc(Nc2ncc3cc(CCOC(=O)CN/C=C(\C=N)Nc4ncc5ccn(CCC#N)c5n4)n(CC4CC4)c3n2)cn1. The van der Waals surface area contributed by atoms with Gasteiger partial charge in [-0.05, 0) is 37.8 Å². The third-order valence-corrected chi connectivity index (χ3v) is 7.85. The number of allylic oxidation sites excluding steroid dienone is 1. The Bertz CT molecular complexity index is 2070. The number of fused-ring (bicyclic) bond motifs is 2. The summed E-state index contributed by atoms with van der Waals surface area (Å²) < 4.78 is 16.0. The molecule has 0 spiro atoms. The van der Waals surface area contributed by atoms with E-state index in [1.54, 1.807) is 31.7 Å². The van der Waals surface area contributed by atoms with Crippen LogP contribution in [0.4, 0.5) is 17.6 Å². The van der Waals surface area contributed by atoms with E-state index in [1.807, 2.05) is 22.9 Å². The van der Waals surface area contributed by atoms with Crippen LogP contribution in [-0.4, -0.2) is 76.8 Å². The molecule has 0 amide bonds. The van der Waals surface area contributed by atoms with Gasteiger partial charge < -0.3 is 40.0 Å². The van der Waals surface area contributed by atoms with Crippen LogP contribution in [0.25, 0.3) is 22.1 Å². The average Bonchev–Trinajstić information content (AvgIpc) is 3.53. The number of rotatable bonds is 18. The molecule has 0 atom stereocenters. The van der Waals surface area contributed by atoms with Crippen LogP contribution in [0.1, 0.15) is 31.9 Å². The first kappa shape index (κ1) is 33.6. The van der Waals surface area contributed by atoms with Crippen molar-refractivity contribution in [3.05, 3.63) is 60.7 Å². The number of carbonyl (C=O) groups excluding carboxylic acids is 2. The summed E-state index contributed by atoms with van der Waals surface area (Å²) in [6.07, 6.45) is 14.3. The standard InChI is InChI=1S/C33H37N13O4/c1-2-49-29(48)21-45-20-26(17-39-45)41-33-38-15-24-12-27(46(31(24)43-33)19-22-4-5-22)7-11-50-28(47)18-36-16-25(13-35)40-32-37-14-23-6-10-44(9-3-8-34)30(23)42-32/h6,10,12-17,20,22,35-36H,2-5,7,9,11,18-19,21H2,1H3,(H,37,40,42)(H,38,41,43)/b25-16+,35-13?. The molecule has 5 heterocycles. The number of hydrogen-bond acceptors (Lipinski definition) is 14. The van der Waals surface area contributed by atoms with Crippen LogP contribution in [-0.2, 0) is 45.1 Å². The number of hydrogen-bond donors (Lipinski definition) is 4. The summed E-state index contributed by atoms with van der Waals surface area (Å²) in [6.45, 7) is 3.48. The Balaban J connectivity index is 1.02. The van der Waals surface area contributed by atoms with Crippen molar-refractivity contribution < 1.29 is 19.1 Å². The van der Waals surface area contributed by atoms with E-state index in [1.165, 1.54) is 10.9 Å². The molecule has 0 unspecified atom stereocenters. The van der Waals surface area contributed by atoms with Crippen molar-refractivity contribution in [2.45, 2.75) is 52.2 Å². The molecule has 258 valence electrons.